The van der Waals surface area contributed by atoms with Gasteiger partial charge in [-0.15, -0.1) is 0 Å². The van der Waals surface area contributed by atoms with E-state index in [0.717, 1.165) is 0 Å². The molecular formula is C5H5F. The van der Waals surface area contributed by atoms with Crippen LogP contribution in [0.2, 0.25) is 0 Å². The van der Waals surface area contributed by atoms with Gasteiger partial charge in [0.15, 0.2) is 0 Å². The fraction of sp³-hybridized carbons (Fsp3) is 0.200. The van der Waals surface area contributed by atoms with Crippen molar-refractivity contribution in [2.75, 3.05) is 0 Å². The SMILES string of the molecule is FC1C=CC=C1. The second-order valence-corrected chi connectivity index (χ2v) is 1.21. The van der Waals surface area contributed by atoms with Crippen LogP contribution in [0.5, 0.6) is 0 Å². The first-order valence-electron chi connectivity index (χ1n) is 1.88. The monoisotopic (exact) mass is 84.0 g/mol. The normalized spacial score (nSPS) is 20.2. The third-order valence-corrected chi connectivity index (χ3v) is 0.701. The maximum Gasteiger partial charge on any atom is 0.137 e. The Hall–Kier alpha value is -0.590. The number of halogens is 1. The summed E-state index contributed by atoms with van der Waals surface area (Å²) in [4.78, 5) is 0. The Bertz CT molecular complexity index is 80.1. The van der Waals surface area contributed by atoms with Gasteiger partial charge in [0.25, 0.3) is 0 Å². The number of allylic oxidation sites excluding steroid dienone is 4. The van der Waals surface area contributed by atoms with Crippen molar-refractivity contribution in [3.63, 3.8) is 0 Å². The summed E-state index contributed by atoms with van der Waals surface area (Å²) in [5.41, 5.74) is 0. The molecular weight excluding hydrogens is 79.1 g/mol. The Morgan fingerprint density at radius 3 is 1.83 bits per heavy atom. The van der Waals surface area contributed by atoms with Crippen LogP contribution < -0.4 is 0 Å². The highest BCUT2D eigenvalue weighted by molar-refractivity contribution is 5.18. The molecule has 0 saturated carbocycles. The summed E-state index contributed by atoms with van der Waals surface area (Å²) in [7, 11) is 0. The first-order chi connectivity index (χ1) is 2.89. The van der Waals surface area contributed by atoms with Crippen LogP contribution in [0.1, 0.15) is 0 Å². The topological polar surface area (TPSA) is 0 Å². The predicted molar refractivity (Wildman–Crippen MR) is 23.2 cm³/mol. The Kier molecular flexibility index (Phi) is 0.748. The van der Waals surface area contributed by atoms with E-state index >= 15 is 0 Å². The molecule has 0 radical (unpaired) electrons. The van der Waals surface area contributed by atoms with Crippen molar-refractivity contribution < 1.29 is 4.39 Å². The van der Waals surface area contributed by atoms with Crippen molar-refractivity contribution in [1.82, 2.24) is 0 Å². The molecule has 0 nitrogen and oxygen atoms in total. The molecule has 0 N–H and O–H groups in total. The van der Waals surface area contributed by atoms with E-state index < -0.39 is 6.17 Å². The summed E-state index contributed by atoms with van der Waals surface area (Å²) in [6.07, 6.45) is 5.58. The molecule has 0 unspecified atom stereocenters. The first kappa shape index (κ1) is 3.59. The summed E-state index contributed by atoms with van der Waals surface area (Å²) < 4.78 is 11.8. The third-order valence-electron chi connectivity index (χ3n) is 0.701. The van der Waals surface area contributed by atoms with E-state index in [9.17, 15) is 4.39 Å². The molecule has 1 heteroatoms. The number of alkyl halides is 1. The molecule has 0 fully saturated rings. The van der Waals surface area contributed by atoms with Crippen LogP contribution in [0.15, 0.2) is 24.3 Å². The zero-order chi connectivity index (χ0) is 4.41. The average Bonchev–Trinajstić information content (AvgIpc) is 1.86. The number of rotatable bonds is 0. The van der Waals surface area contributed by atoms with Gasteiger partial charge in [-0.05, 0) is 12.2 Å². The fourth-order valence-electron chi connectivity index (χ4n) is 0.405. The molecule has 1 aliphatic carbocycles. The van der Waals surface area contributed by atoms with Crippen molar-refractivity contribution in [1.29, 1.82) is 0 Å². The van der Waals surface area contributed by atoms with Gasteiger partial charge >= 0.3 is 0 Å². The maximum absolute atomic E-state index is 11.8. The molecule has 1 rings (SSSR count). The summed E-state index contributed by atoms with van der Waals surface area (Å²) in [6.45, 7) is 0. The van der Waals surface area contributed by atoms with Crippen molar-refractivity contribution in [2.45, 2.75) is 6.17 Å². The molecule has 6 heavy (non-hydrogen) atoms. The van der Waals surface area contributed by atoms with E-state index in [-0.39, 0.29) is 0 Å². The highest BCUT2D eigenvalue weighted by Crippen LogP contribution is 2.01. The lowest BCUT2D eigenvalue weighted by Crippen LogP contribution is -1.79. The van der Waals surface area contributed by atoms with Gasteiger partial charge in [0.05, 0.1) is 0 Å². The van der Waals surface area contributed by atoms with E-state index in [0.29, 0.717) is 0 Å². The number of hydrogen-bond donors (Lipinski definition) is 0. The van der Waals surface area contributed by atoms with Crippen molar-refractivity contribution in [3.05, 3.63) is 24.3 Å². The van der Waals surface area contributed by atoms with Gasteiger partial charge in [0.1, 0.15) is 6.17 Å². The highest BCUT2D eigenvalue weighted by Gasteiger charge is 1.94. The fourth-order valence-corrected chi connectivity index (χ4v) is 0.405. The highest BCUT2D eigenvalue weighted by atomic mass is 19.1. The van der Waals surface area contributed by atoms with E-state index in [1.54, 1.807) is 12.2 Å². The molecule has 0 spiro atoms. The quantitative estimate of drug-likeness (QED) is 0.416. The minimum absolute atomic E-state index is 0.815. The summed E-state index contributed by atoms with van der Waals surface area (Å²) in [5, 5.41) is 0. The van der Waals surface area contributed by atoms with Gasteiger partial charge in [0, 0.05) is 0 Å². The minimum Gasteiger partial charge on any atom is -0.238 e. The van der Waals surface area contributed by atoms with Gasteiger partial charge in [-0.2, -0.15) is 0 Å². The lowest BCUT2D eigenvalue weighted by molar-refractivity contribution is 0.473. The molecule has 0 heterocycles. The Morgan fingerprint density at radius 1 is 1.17 bits per heavy atom. The zero-order valence-corrected chi connectivity index (χ0v) is 3.26. The van der Waals surface area contributed by atoms with Gasteiger partial charge < -0.3 is 0 Å². The van der Waals surface area contributed by atoms with Gasteiger partial charge in [-0.25, -0.2) is 4.39 Å². The van der Waals surface area contributed by atoms with E-state index in [1.165, 1.54) is 12.2 Å². The Balaban J connectivity index is 2.60. The second-order valence-electron chi connectivity index (χ2n) is 1.21. The molecule has 32 valence electrons. The largest absolute Gasteiger partial charge is 0.238 e. The van der Waals surface area contributed by atoms with Crippen LogP contribution >= 0.6 is 0 Å². The Morgan fingerprint density at radius 2 is 1.67 bits per heavy atom. The van der Waals surface area contributed by atoms with Crippen LogP contribution in [0.3, 0.4) is 0 Å². The van der Waals surface area contributed by atoms with E-state index in [4.69, 9.17) is 0 Å². The predicted octanol–water partition coefficient (Wildman–Crippen LogP) is 1.45. The first-order valence-corrected chi connectivity index (χ1v) is 1.88. The smallest absolute Gasteiger partial charge is 0.137 e. The number of hydrogen-bond acceptors (Lipinski definition) is 0. The Labute approximate surface area is 36.0 Å². The maximum atomic E-state index is 11.8. The molecule has 1 aliphatic rings. The van der Waals surface area contributed by atoms with Crippen LogP contribution in [0, 0.1) is 0 Å². The van der Waals surface area contributed by atoms with Crippen LogP contribution in [0.25, 0.3) is 0 Å². The molecule has 0 aliphatic heterocycles. The van der Waals surface area contributed by atoms with Crippen molar-refractivity contribution in [2.24, 2.45) is 0 Å². The molecule has 0 atom stereocenters. The van der Waals surface area contributed by atoms with Crippen molar-refractivity contribution >= 4 is 0 Å². The summed E-state index contributed by atoms with van der Waals surface area (Å²) >= 11 is 0. The van der Waals surface area contributed by atoms with Gasteiger partial charge in [-0.1, -0.05) is 12.2 Å². The lowest BCUT2D eigenvalue weighted by Gasteiger charge is -1.79. The third kappa shape index (κ3) is 0.482. The average molecular weight is 84.1 g/mol. The van der Waals surface area contributed by atoms with E-state index in [1.807, 2.05) is 0 Å². The zero-order valence-electron chi connectivity index (χ0n) is 3.26. The van der Waals surface area contributed by atoms with E-state index in [2.05, 4.69) is 0 Å². The minimum atomic E-state index is -0.815. The molecule has 0 saturated heterocycles. The summed E-state index contributed by atoms with van der Waals surface area (Å²) in [5.74, 6) is 0. The van der Waals surface area contributed by atoms with Crippen LogP contribution in [-0.2, 0) is 0 Å². The van der Waals surface area contributed by atoms with Crippen molar-refractivity contribution in [3.8, 4) is 0 Å². The van der Waals surface area contributed by atoms with Gasteiger partial charge in [0.2, 0.25) is 0 Å². The molecule has 0 aromatic heterocycles. The molecule has 0 amide bonds. The van der Waals surface area contributed by atoms with Crippen LogP contribution in [-0.4, -0.2) is 6.17 Å². The van der Waals surface area contributed by atoms with Gasteiger partial charge in [-0.3, -0.25) is 0 Å². The van der Waals surface area contributed by atoms with Crippen LogP contribution in [0.4, 0.5) is 4.39 Å². The molecule has 0 aromatic carbocycles. The molecule has 0 bridgehead atoms. The summed E-state index contributed by atoms with van der Waals surface area (Å²) in [6, 6.07) is 0. The molecule has 0 aromatic rings. The lowest BCUT2D eigenvalue weighted by atomic mass is 10.4. The standard InChI is InChI=1S/C5H5F/c6-5-3-1-2-4-5/h1-5H. The second kappa shape index (κ2) is 1.25.